The third kappa shape index (κ3) is 4.75. The normalized spacial score (nSPS) is 12.3. The van der Waals surface area contributed by atoms with Crippen molar-refractivity contribution in [3.63, 3.8) is 0 Å². The van der Waals surface area contributed by atoms with E-state index >= 15 is 0 Å². The Hall–Kier alpha value is -2.74. The minimum Gasteiger partial charge on any atom is -0.340 e. The quantitative estimate of drug-likeness (QED) is 0.554. The molecule has 0 saturated carbocycles. The molecule has 5 nitrogen and oxygen atoms in total. The highest BCUT2D eigenvalue weighted by Crippen LogP contribution is 2.26. The molecule has 0 aliphatic carbocycles. The molecular formula is C21H20N2O3S2. The lowest BCUT2D eigenvalue weighted by Crippen LogP contribution is -2.29. The van der Waals surface area contributed by atoms with Gasteiger partial charge in [0.2, 0.25) is 10.0 Å². The average Bonchev–Trinajstić information content (AvgIpc) is 3.25. The lowest BCUT2D eigenvalue weighted by molar-refractivity contribution is 0.0943. The highest BCUT2D eigenvalue weighted by molar-refractivity contribution is 7.89. The van der Waals surface area contributed by atoms with Gasteiger partial charge in [-0.15, -0.1) is 17.9 Å². The smallest absolute Gasteiger partial charge is 0.252 e. The molecular weight excluding hydrogens is 392 g/mol. The van der Waals surface area contributed by atoms with Crippen LogP contribution < -0.4 is 10.0 Å². The van der Waals surface area contributed by atoms with Crippen LogP contribution in [0.4, 0.5) is 0 Å². The first-order chi connectivity index (χ1) is 13.5. The standard InChI is InChI=1S/C21H20N2O3S2/c1-2-13-22-28(25,26)18-11-6-10-17(15-18)21(24)23-20(19-12-7-14-27-19)16-8-4-3-5-9-16/h2-12,14-15,20,22H,1,13H2,(H,23,24). The van der Waals surface area contributed by atoms with Crippen molar-refractivity contribution in [3.8, 4) is 0 Å². The molecule has 1 heterocycles. The van der Waals surface area contributed by atoms with E-state index in [-0.39, 0.29) is 29.0 Å². The van der Waals surface area contributed by atoms with Crippen LogP contribution in [0.15, 0.2) is 89.7 Å². The number of carbonyl (C=O) groups excluding carboxylic acids is 1. The molecule has 0 fully saturated rings. The summed E-state index contributed by atoms with van der Waals surface area (Å²) in [6, 6.07) is 19.2. The van der Waals surface area contributed by atoms with Crippen molar-refractivity contribution >= 4 is 27.3 Å². The van der Waals surface area contributed by atoms with Crippen LogP contribution in [0, 0.1) is 0 Å². The molecule has 0 bridgehead atoms. The summed E-state index contributed by atoms with van der Waals surface area (Å²) in [7, 11) is -3.70. The molecule has 0 saturated heterocycles. The van der Waals surface area contributed by atoms with E-state index in [4.69, 9.17) is 0 Å². The van der Waals surface area contributed by atoms with Crippen LogP contribution in [0.5, 0.6) is 0 Å². The molecule has 1 aromatic heterocycles. The Morgan fingerprint density at radius 1 is 1.07 bits per heavy atom. The van der Waals surface area contributed by atoms with Gasteiger partial charge < -0.3 is 5.32 Å². The van der Waals surface area contributed by atoms with Crippen molar-refractivity contribution in [1.29, 1.82) is 0 Å². The Kier molecular flexibility index (Phi) is 6.41. The summed E-state index contributed by atoms with van der Waals surface area (Å²) >= 11 is 1.55. The molecule has 0 aliphatic heterocycles. The summed E-state index contributed by atoms with van der Waals surface area (Å²) in [6.45, 7) is 3.62. The van der Waals surface area contributed by atoms with E-state index in [0.717, 1.165) is 10.4 Å². The molecule has 0 radical (unpaired) electrons. The molecule has 3 rings (SSSR count). The minimum absolute atomic E-state index is 0.0365. The monoisotopic (exact) mass is 412 g/mol. The largest absolute Gasteiger partial charge is 0.340 e. The van der Waals surface area contributed by atoms with Crippen molar-refractivity contribution in [3.05, 3.63) is 101 Å². The van der Waals surface area contributed by atoms with E-state index in [1.807, 2.05) is 47.8 Å². The molecule has 0 spiro atoms. The summed E-state index contributed by atoms with van der Waals surface area (Å²) in [5.74, 6) is -0.344. The van der Waals surface area contributed by atoms with Gasteiger partial charge in [0, 0.05) is 17.0 Å². The highest BCUT2D eigenvalue weighted by atomic mass is 32.2. The summed E-state index contributed by atoms with van der Waals surface area (Å²) in [5.41, 5.74) is 1.23. The molecule has 1 amide bonds. The number of carbonyl (C=O) groups is 1. The molecule has 1 unspecified atom stereocenters. The fourth-order valence-electron chi connectivity index (χ4n) is 2.69. The summed E-state index contributed by atoms with van der Waals surface area (Å²) < 4.78 is 27.0. The zero-order valence-electron chi connectivity index (χ0n) is 15.0. The van der Waals surface area contributed by atoms with Crippen molar-refractivity contribution in [2.45, 2.75) is 10.9 Å². The average molecular weight is 413 g/mol. The Morgan fingerprint density at radius 3 is 2.54 bits per heavy atom. The molecule has 2 N–H and O–H groups in total. The highest BCUT2D eigenvalue weighted by Gasteiger charge is 2.20. The number of benzene rings is 2. The van der Waals surface area contributed by atoms with Crippen molar-refractivity contribution in [1.82, 2.24) is 10.0 Å². The van der Waals surface area contributed by atoms with Crippen LogP contribution in [0.2, 0.25) is 0 Å². The Morgan fingerprint density at radius 2 is 1.86 bits per heavy atom. The van der Waals surface area contributed by atoms with Crippen LogP contribution >= 0.6 is 11.3 Å². The minimum atomic E-state index is -3.70. The van der Waals surface area contributed by atoms with E-state index in [1.165, 1.54) is 18.2 Å². The number of thiophene rings is 1. The van der Waals surface area contributed by atoms with E-state index < -0.39 is 10.0 Å². The van der Waals surface area contributed by atoms with Crippen molar-refractivity contribution < 1.29 is 13.2 Å². The molecule has 7 heteroatoms. The second kappa shape index (κ2) is 8.97. The van der Waals surface area contributed by atoms with Crippen molar-refractivity contribution in [2.75, 3.05) is 6.54 Å². The number of rotatable bonds is 8. The zero-order valence-corrected chi connectivity index (χ0v) is 16.7. The van der Waals surface area contributed by atoms with E-state index in [9.17, 15) is 13.2 Å². The zero-order chi connectivity index (χ0) is 20.0. The van der Waals surface area contributed by atoms with Gasteiger partial charge in [-0.1, -0.05) is 48.5 Å². The Bertz CT molecular complexity index is 1050. The predicted octanol–water partition coefficient (Wildman–Crippen LogP) is 3.73. The molecule has 28 heavy (non-hydrogen) atoms. The summed E-state index contributed by atoms with van der Waals surface area (Å²) in [5, 5.41) is 4.97. The summed E-state index contributed by atoms with van der Waals surface area (Å²) in [4.78, 5) is 13.9. The van der Waals surface area contributed by atoms with Crippen LogP contribution in [-0.4, -0.2) is 20.9 Å². The van der Waals surface area contributed by atoms with Gasteiger partial charge in [-0.25, -0.2) is 13.1 Å². The molecule has 1 atom stereocenters. The second-order valence-electron chi connectivity index (χ2n) is 6.00. The second-order valence-corrected chi connectivity index (χ2v) is 8.75. The maximum atomic E-state index is 12.9. The first kappa shape index (κ1) is 20.0. The fraction of sp³-hybridized carbons (Fsp3) is 0.0952. The van der Waals surface area contributed by atoms with Gasteiger partial charge in [-0.05, 0) is 35.2 Å². The van der Waals surface area contributed by atoms with E-state index in [0.29, 0.717) is 0 Å². The predicted molar refractivity (Wildman–Crippen MR) is 112 cm³/mol. The maximum Gasteiger partial charge on any atom is 0.252 e. The van der Waals surface area contributed by atoms with E-state index in [1.54, 1.807) is 23.5 Å². The third-order valence-electron chi connectivity index (χ3n) is 4.06. The lowest BCUT2D eigenvalue weighted by Gasteiger charge is -2.18. The van der Waals surface area contributed by atoms with Gasteiger partial charge in [-0.3, -0.25) is 4.79 Å². The van der Waals surface area contributed by atoms with Gasteiger partial charge >= 0.3 is 0 Å². The van der Waals surface area contributed by atoms with Crippen LogP contribution in [0.25, 0.3) is 0 Å². The van der Waals surface area contributed by atoms with Crippen LogP contribution in [0.1, 0.15) is 26.8 Å². The molecule has 3 aromatic rings. The topological polar surface area (TPSA) is 75.3 Å². The van der Waals surface area contributed by atoms with Gasteiger partial charge in [0.15, 0.2) is 0 Å². The summed E-state index contributed by atoms with van der Waals surface area (Å²) in [6.07, 6.45) is 1.46. The van der Waals surface area contributed by atoms with Crippen LogP contribution in [-0.2, 0) is 10.0 Å². The number of sulfonamides is 1. The number of hydrogen-bond acceptors (Lipinski definition) is 4. The van der Waals surface area contributed by atoms with Crippen molar-refractivity contribution in [2.24, 2.45) is 0 Å². The molecule has 0 aliphatic rings. The fourth-order valence-corrected chi connectivity index (χ4v) is 4.54. The van der Waals surface area contributed by atoms with Gasteiger partial charge in [0.1, 0.15) is 0 Å². The molecule has 144 valence electrons. The first-order valence-corrected chi connectivity index (χ1v) is 11.0. The number of hydrogen-bond donors (Lipinski definition) is 2. The van der Waals surface area contributed by atoms with E-state index in [2.05, 4.69) is 16.6 Å². The number of amides is 1. The van der Waals surface area contributed by atoms with Gasteiger partial charge in [-0.2, -0.15) is 0 Å². The Labute approximate surface area is 168 Å². The SMILES string of the molecule is C=CCNS(=O)(=O)c1cccc(C(=O)NC(c2ccccc2)c2cccs2)c1. The molecule has 2 aromatic carbocycles. The van der Waals surface area contributed by atoms with Gasteiger partial charge in [0.05, 0.1) is 10.9 Å². The van der Waals surface area contributed by atoms with Crippen LogP contribution in [0.3, 0.4) is 0 Å². The first-order valence-electron chi connectivity index (χ1n) is 8.61. The Balaban J connectivity index is 1.87. The number of nitrogens with one attached hydrogen (secondary N) is 2. The maximum absolute atomic E-state index is 12.9. The third-order valence-corrected chi connectivity index (χ3v) is 6.42. The lowest BCUT2D eigenvalue weighted by atomic mass is 10.0. The van der Waals surface area contributed by atoms with Gasteiger partial charge in [0.25, 0.3) is 5.91 Å².